The third kappa shape index (κ3) is 6.03. The van der Waals surface area contributed by atoms with E-state index in [1.54, 1.807) is 30.2 Å². The van der Waals surface area contributed by atoms with Crippen LogP contribution in [0.15, 0.2) is 55.0 Å². The number of nitrogens with zero attached hydrogens (tertiary/aromatic N) is 5. The van der Waals surface area contributed by atoms with Crippen molar-refractivity contribution in [2.45, 2.75) is 38.1 Å². The molecule has 182 valence electrons. The van der Waals surface area contributed by atoms with Crippen LogP contribution in [-0.2, 0) is 18.9 Å². The molecule has 1 aromatic carbocycles. The van der Waals surface area contributed by atoms with E-state index < -0.39 is 0 Å². The van der Waals surface area contributed by atoms with Crippen molar-refractivity contribution in [2.24, 2.45) is 19.8 Å². The average molecular weight is 475 g/mol. The fourth-order valence-corrected chi connectivity index (χ4v) is 3.98. The van der Waals surface area contributed by atoms with Gasteiger partial charge in [0.1, 0.15) is 11.5 Å². The Labute approximate surface area is 203 Å². The summed E-state index contributed by atoms with van der Waals surface area (Å²) in [5.41, 5.74) is 9.51. The molecule has 4 N–H and O–H groups in total. The molecule has 4 rings (SSSR count). The Bertz CT molecular complexity index is 1280. The number of carbonyl (C=O) groups excluding carboxylic acids is 2. The molecular formula is C25H30N8O2. The van der Waals surface area contributed by atoms with Gasteiger partial charge in [-0.05, 0) is 30.5 Å². The molecule has 3 aromatic heterocycles. The summed E-state index contributed by atoms with van der Waals surface area (Å²) in [6.07, 6.45) is 8.71. The highest BCUT2D eigenvalue weighted by Gasteiger charge is 2.20. The topological polar surface area (TPSA) is 137 Å². The van der Waals surface area contributed by atoms with Crippen molar-refractivity contribution in [3.63, 3.8) is 0 Å². The number of aromatic nitrogens is 6. The lowest BCUT2D eigenvalue weighted by Crippen LogP contribution is -2.30. The lowest BCUT2D eigenvalue weighted by atomic mass is 10.1. The van der Waals surface area contributed by atoms with Crippen molar-refractivity contribution in [2.75, 3.05) is 0 Å². The average Bonchev–Trinajstić information content (AvgIpc) is 3.59. The summed E-state index contributed by atoms with van der Waals surface area (Å²) in [5, 5.41) is 11.6. The lowest BCUT2D eigenvalue weighted by Gasteiger charge is -2.17. The first kappa shape index (κ1) is 23.9. The normalized spacial score (nSPS) is 11.9. The Morgan fingerprint density at radius 2 is 1.83 bits per heavy atom. The van der Waals surface area contributed by atoms with Crippen LogP contribution in [0, 0.1) is 0 Å². The Hall–Kier alpha value is -4.21. The van der Waals surface area contributed by atoms with Crippen LogP contribution in [0.1, 0.15) is 54.5 Å². The number of benzene rings is 1. The zero-order valence-corrected chi connectivity index (χ0v) is 19.9. The first-order valence-corrected chi connectivity index (χ1v) is 11.6. The van der Waals surface area contributed by atoms with E-state index in [-0.39, 0.29) is 17.9 Å². The number of nitrogens with one attached hydrogen (secondary N) is 2. The molecular weight excluding hydrogens is 444 g/mol. The van der Waals surface area contributed by atoms with E-state index in [0.717, 1.165) is 41.8 Å². The van der Waals surface area contributed by atoms with E-state index in [4.69, 9.17) is 5.73 Å². The van der Waals surface area contributed by atoms with Gasteiger partial charge in [0.15, 0.2) is 0 Å². The van der Waals surface area contributed by atoms with Crippen LogP contribution < -0.4 is 11.1 Å². The number of aromatic amines is 1. The number of carbonyl (C=O) groups is 2. The Balaban J connectivity index is 1.48. The zero-order valence-electron chi connectivity index (χ0n) is 19.9. The number of aryl methyl sites for hydroxylation is 2. The van der Waals surface area contributed by atoms with Crippen LogP contribution >= 0.6 is 0 Å². The molecule has 0 aliphatic heterocycles. The maximum Gasteiger partial charge on any atom is 0.270 e. The summed E-state index contributed by atoms with van der Waals surface area (Å²) >= 11 is 0. The molecule has 0 unspecified atom stereocenters. The van der Waals surface area contributed by atoms with Gasteiger partial charge in [-0.25, -0.2) is 4.98 Å². The van der Waals surface area contributed by atoms with E-state index in [9.17, 15) is 9.59 Å². The van der Waals surface area contributed by atoms with E-state index in [2.05, 4.69) is 25.5 Å². The smallest absolute Gasteiger partial charge is 0.270 e. The first-order chi connectivity index (χ1) is 16.9. The van der Waals surface area contributed by atoms with Crippen LogP contribution in [0.5, 0.6) is 0 Å². The van der Waals surface area contributed by atoms with Gasteiger partial charge in [-0.15, -0.1) is 0 Å². The van der Waals surface area contributed by atoms with E-state index >= 15 is 0 Å². The highest BCUT2D eigenvalue weighted by molar-refractivity contribution is 5.92. The first-order valence-electron chi connectivity index (χ1n) is 11.6. The number of imidazole rings is 1. The minimum Gasteiger partial charge on any atom is -0.370 e. The van der Waals surface area contributed by atoms with Crippen molar-refractivity contribution >= 4 is 11.8 Å². The number of hydrogen-bond donors (Lipinski definition) is 3. The molecule has 0 saturated carbocycles. The Kier molecular flexibility index (Phi) is 7.39. The van der Waals surface area contributed by atoms with Gasteiger partial charge in [-0.2, -0.15) is 10.2 Å². The van der Waals surface area contributed by atoms with E-state index in [1.165, 1.54) is 4.68 Å². The number of H-pyrrole nitrogens is 1. The summed E-state index contributed by atoms with van der Waals surface area (Å²) in [6.45, 7) is 0. The van der Waals surface area contributed by atoms with Crippen molar-refractivity contribution in [1.29, 1.82) is 0 Å². The van der Waals surface area contributed by atoms with Gasteiger partial charge in [0.25, 0.3) is 5.91 Å². The molecule has 0 spiro atoms. The summed E-state index contributed by atoms with van der Waals surface area (Å²) in [4.78, 5) is 31.8. The van der Waals surface area contributed by atoms with Crippen molar-refractivity contribution in [1.82, 2.24) is 34.8 Å². The monoisotopic (exact) mass is 474 g/mol. The molecule has 0 radical (unpaired) electrons. The molecule has 2 amide bonds. The molecule has 35 heavy (non-hydrogen) atoms. The molecule has 4 aromatic rings. The molecule has 1 atom stereocenters. The van der Waals surface area contributed by atoms with Gasteiger partial charge < -0.3 is 16.0 Å². The lowest BCUT2D eigenvalue weighted by molar-refractivity contribution is -0.118. The number of unbranched alkanes of at least 4 members (excludes halogenated alkanes) is 2. The van der Waals surface area contributed by atoms with Crippen LogP contribution in [0.3, 0.4) is 0 Å². The Morgan fingerprint density at radius 3 is 2.49 bits per heavy atom. The largest absolute Gasteiger partial charge is 0.370 e. The van der Waals surface area contributed by atoms with Gasteiger partial charge in [0.2, 0.25) is 5.91 Å². The fraction of sp³-hybridized carbons (Fsp3) is 0.320. The van der Waals surface area contributed by atoms with Gasteiger partial charge >= 0.3 is 0 Å². The molecule has 10 heteroatoms. The minimum absolute atomic E-state index is 0.218. The third-order valence-corrected chi connectivity index (χ3v) is 5.91. The predicted molar refractivity (Wildman–Crippen MR) is 132 cm³/mol. The Morgan fingerprint density at radius 1 is 1.06 bits per heavy atom. The van der Waals surface area contributed by atoms with E-state index in [0.29, 0.717) is 24.4 Å². The third-order valence-electron chi connectivity index (χ3n) is 5.91. The van der Waals surface area contributed by atoms with Crippen molar-refractivity contribution < 1.29 is 9.59 Å². The minimum atomic E-state index is -0.312. The number of amides is 2. The van der Waals surface area contributed by atoms with Gasteiger partial charge in [0.05, 0.1) is 23.6 Å². The number of primary amides is 1. The van der Waals surface area contributed by atoms with Gasteiger partial charge in [-0.3, -0.25) is 19.0 Å². The number of rotatable bonds is 11. The van der Waals surface area contributed by atoms with E-state index in [1.807, 2.05) is 43.6 Å². The summed E-state index contributed by atoms with van der Waals surface area (Å²) < 4.78 is 3.31. The van der Waals surface area contributed by atoms with Crippen molar-refractivity contribution in [3.05, 3.63) is 66.5 Å². The standard InChI is InChI=1S/C25H30N8O2/c1-32-15-13-19(31-32)17-8-10-18(11-9-17)21-16-27-24(29-21)20(6-4-3-5-7-23(26)34)30-25(35)22-12-14-28-33(22)2/h8-16,20H,3-7H2,1-2H3,(H2,26,34)(H,27,29)(H,30,35)/t20-/m0/s1. The molecule has 10 nitrogen and oxygen atoms in total. The predicted octanol–water partition coefficient (Wildman–Crippen LogP) is 3.12. The second-order valence-corrected chi connectivity index (χ2v) is 8.57. The quantitative estimate of drug-likeness (QED) is 0.287. The SMILES string of the molecule is Cn1ccc(-c2ccc(-c3cnc([C@H](CCCCCC(N)=O)NC(=O)c4ccnn4C)[nH]3)cc2)n1. The van der Waals surface area contributed by atoms with Crippen LogP contribution in [0.25, 0.3) is 22.5 Å². The highest BCUT2D eigenvalue weighted by Crippen LogP contribution is 2.25. The fourth-order valence-electron chi connectivity index (χ4n) is 3.98. The molecule has 0 aliphatic rings. The molecule has 0 aliphatic carbocycles. The van der Waals surface area contributed by atoms with Crippen molar-refractivity contribution in [3.8, 4) is 22.5 Å². The second-order valence-electron chi connectivity index (χ2n) is 8.57. The molecule has 0 bridgehead atoms. The highest BCUT2D eigenvalue weighted by atomic mass is 16.2. The molecule has 3 heterocycles. The maximum atomic E-state index is 12.9. The summed E-state index contributed by atoms with van der Waals surface area (Å²) in [5.74, 6) is 0.167. The van der Waals surface area contributed by atoms with Gasteiger partial charge in [0, 0.05) is 38.5 Å². The van der Waals surface area contributed by atoms with Crippen LogP contribution in [0.4, 0.5) is 0 Å². The summed E-state index contributed by atoms with van der Waals surface area (Å²) in [6, 6.07) is 11.4. The maximum absolute atomic E-state index is 12.9. The molecule has 0 saturated heterocycles. The summed E-state index contributed by atoms with van der Waals surface area (Å²) in [7, 11) is 3.62. The zero-order chi connectivity index (χ0) is 24.8. The van der Waals surface area contributed by atoms with Crippen LogP contribution in [0.2, 0.25) is 0 Å². The van der Waals surface area contributed by atoms with Gasteiger partial charge in [-0.1, -0.05) is 37.1 Å². The second kappa shape index (κ2) is 10.8. The van der Waals surface area contributed by atoms with Crippen LogP contribution in [-0.4, -0.2) is 41.3 Å². The number of hydrogen-bond acceptors (Lipinski definition) is 5. The molecule has 0 fully saturated rings. The number of nitrogens with two attached hydrogens (primary N) is 1.